The molecule has 0 atom stereocenters. The van der Waals surface area contributed by atoms with Crippen LogP contribution in [0.25, 0.3) is 16.5 Å². The van der Waals surface area contributed by atoms with E-state index >= 15 is 0 Å². The average Bonchev–Trinajstić information content (AvgIpc) is 2.72. The lowest BCUT2D eigenvalue weighted by Gasteiger charge is -1.97. The molecule has 0 saturated carbocycles. The summed E-state index contributed by atoms with van der Waals surface area (Å²) in [7, 11) is 0. The second kappa shape index (κ2) is 3.69. The molecule has 0 aliphatic carbocycles. The molecule has 0 aliphatic rings. The largest absolute Gasteiger partial charge is 0.361 e. The van der Waals surface area contributed by atoms with E-state index < -0.39 is 0 Å². The van der Waals surface area contributed by atoms with Crippen molar-refractivity contribution in [3.05, 3.63) is 42.1 Å². The molecule has 3 nitrogen and oxygen atoms in total. The summed E-state index contributed by atoms with van der Waals surface area (Å²) < 4.78 is 0. The zero-order chi connectivity index (χ0) is 10.7. The van der Waals surface area contributed by atoms with Crippen LogP contribution in [0, 0.1) is 22.7 Å². The first kappa shape index (κ1) is 9.05. The van der Waals surface area contributed by atoms with Crippen molar-refractivity contribution in [2.75, 3.05) is 0 Å². The van der Waals surface area contributed by atoms with E-state index in [2.05, 4.69) is 4.98 Å². The van der Waals surface area contributed by atoms with Crippen LogP contribution in [0.1, 0.15) is 5.56 Å². The van der Waals surface area contributed by atoms with E-state index in [1.165, 1.54) is 6.08 Å². The third-order valence-electron chi connectivity index (χ3n) is 2.19. The Bertz CT molecular complexity index is 606. The normalized spacial score (nSPS) is 10.9. The highest BCUT2D eigenvalue weighted by atomic mass is 14.7. The summed E-state index contributed by atoms with van der Waals surface area (Å²) in [5.74, 6) is 0. The Kier molecular flexibility index (Phi) is 2.23. The highest BCUT2D eigenvalue weighted by Crippen LogP contribution is 2.19. The third-order valence-corrected chi connectivity index (χ3v) is 2.19. The van der Waals surface area contributed by atoms with Gasteiger partial charge in [-0.2, -0.15) is 10.5 Å². The summed E-state index contributed by atoms with van der Waals surface area (Å²) in [4.78, 5) is 3.07. The molecule has 15 heavy (non-hydrogen) atoms. The van der Waals surface area contributed by atoms with Crippen LogP contribution in [0.5, 0.6) is 0 Å². The minimum Gasteiger partial charge on any atom is -0.361 e. The molecule has 2 aromatic rings. The number of aromatic amines is 1. The highest BCUT2D eigenvalue weighted by molar-refractivity contribution is 5.87. The van der Waals surface area contributed by atoms with E-state index in [9.17, 15) is 0 Å². The number of aromatic nitrogens is 1. The molecule has 1 aromatic heterocycles. The van der Waals surface area contributed by atoms with Crippen molar-refractivity contribution < 1.29 is 0 Å². The first-order valence-corrected chi connectivity index (χ1v) is 4.42. The Morgan fingerprint density at radius 3 is 2.87 bits per heavy atom. The number of allylic oxidation sites excluding steroid dienone is 2. The van der Waals surface area contributed by atoms with Gasteiger partial charge in [-0.25, -0.2) is 0 Å². The topological polar surface area (TPSA) is 63.4 Å². The second-order valence-corrected chi connectivity index (χ2v) is 3.08. The molecule has 0 bridgehead atoms. The van der Waals surface area contributed by atoms with E-state index in [4.69, 9.17) is 10.5 Å². The number of nitrogens with one attached hydrogen (secondary N) is 1. The van der Waals surface area contributed by atoms with Crippen LogP contribution in [0.15, 0.2) is 36.5 Å². The monoisotopic (exact) mass is 193 g/mol. The fourth-order valence-corrected chi connectivity index (χ4v) is 1.47. The first-order chi connectivity index (χ1) is 7.35. The molecule has 0 fully saturated rings. The Morgan fingerprint density at radius 1 is 1.27 bits per heavy atom. The lowest BCUT2D eigenvalue weighted by Crippen LogP contribution is -1.80. The molecule has 1 N–H and O–H groups in total. The van der Waals surface area contributed by atoms with Crippen LogP contribution in [-0.4, -0.2) is 4.98 Å². The fourth-order valence-electron chi connectivity index (χ4n) is 1.47. The number of H-pyrrole nitrogens is 1. The smallest absolute Gasteiger partial charge is 0.101 e. The molecule has 2 rings (SSSR count). The summed E-state index contributed by atoms with van der Waals surface area (Å²) in [5.41, 5.74) is 2.18. The van der Waals surface area contributed by atoms with E-state index in [-0.39, 0.29) is 0 Å². The zero-order valence-corrected chi connectivity index (χ0v) is 7.86. The van der Waals surface area contributed by atoms with Gasteiger partial charge in [0.2, 0.25) is 0 Å². The summed E-state index contributed by atoms with van der Waals surface area (Å²) in [6.45, 7) is 0. The Balaban J connectivity index is 2.58. The number of hydrogen-bond acceptors (Lipinski definition) is 2. The van der Waals surface area contributed by atoms with E-state index in [1.54, 1.807) is 0 Å². The van der Waals surface area contributed by atoms with Crippen molar-refractivity contribution in [3.63, 3.8) is 0 Å². The van der Waals surface area contributed by atoms with Crippen molar-refractivity contribution in [1.29, 1.82) is 10.5 Å². The maximum absolute atomic E-state index is 8.86. The fraction of sp³-hybridized carbons (Fsp3) is 0. The first-order valence-electron chi connectivity index (χ1n) is 4.42. The maximum atomic E-state index is 8.86. The summed E-state index contributed by atoms with van der Waals surface area (Å²) in [5, 5.41) is 18.4. The van der Waals surface area contributed by atoms with Crippen LogP contribution in [0.2, 0.25) is 0 Å². The molecule has 0 spiro atoms. The van der Waals surface area contributed by atoms with Crippen LogP contribution in [0.3, 0.4) is 0 Å². The van der Waals surface area contributed by atoms with Gasteiger partial charge < -0.3 is 4.98 Å². The number of nitrogens with zero attached hydrogens (tertiary/aromatic N) is 2. The van der Waals surface area contributed by atoms with Gasteiger partial charge in [-0.1, -0.05) is 6.07 Å². The van der Waals surface area contributed by atoms with Crippen LogP contribution in [-0.2, 0) is 0 Å². The van der Waals surface area contributed by atoms with E-state index in [1.807, 2.05) is 42.6 Å². The van der Waals surface area contributed by atoms with Gasteiger partial charge >= 0.3 is 0 Å². The minimum atomic E-state index is 0.389. The van der Waals surface area contributed by atoms with Gasteiger partial charge in [-0.05, 0) is 29.1 Å². The molecule has 0 radical (unpaired) electrons. The van der Waals surface area contributed by atoms with Crippen molar-refractivity contribution in [2.24, 2.45) is 0 Å². The predicted octanol–water partition coefficient (Wildman–Crippen LogP) is 2.60. The molecule has 0 saturated heterocycles. The van der Waals surface area contributed by atoms with Gasteiger partial charge in [0.05, 0.1) is 11.6 Å². The van der Waals surface area contributed by atoms with Gasteiger partial charge in [-0.15, -0.1) is 0 Å². The molecule has 0 unspecified atom stereocenters. The number of rotatable bonds is 1. The average molecular weight is 193 g/mol. The Hall–Kier alpha value is -2.52. The number of nitriles is 2. The molecule has 70 valence electrons. The van der Waals surface area contributed by atoms with Crippen molar-refractivity contribution in [2.45, 2.75) is 0 Å². The molecular formula is C12H7N3. The van der Waals surface area contributed by atoms with E-state index in [0.29, 0.717) is 5.57 Å². The lowest BCUT2D eigenvalue weighted by molar-refractivity contribution is 1.47. The Labute approximate surface area is 86.9 Å². The van der Waals surface area contributed by atoms with Crippen molar-refractivity contribution >= 4 is 16.5 Å². The molecule has 1 aromatic carbocycles. The summed E-state index contributed by atoms with van der Waals surface area (Å²) in [6.07, 6.45) is 3.10. The molecule has 0 aliphatic heterocycles. The highest BCUT2D eigenvalue weighted by Gasteiger charge is 2.01. The summed E-state index contributed by atoms with van der Waals surface area (Å²) in [6, 6.07) is 11.4. The van der Waals surface area contributed by atoms with Crippen LogP contribution >= 0.6 is 0 Å². The van der Waals surface area contributed by atoms with Gasteiger partial charge in [-0.3, -0.25) is 0 Å². The van der Waals surface area contributed by atoms with Crippen LogP contribution < -0.4 is 0 Å². The zero-order valence-electron chi connectivity index (χ0n) is 7.86. The quantitative estimate of drug-likeness (QED) is 0.707. The second-order valence-electron chi connectivity index (χ2n) is 3.08. The molecular weight excluding hydrogens is 186 g/mol. The lowest BCUT2D eigenvalue weighted by atomic mass is 10.1. The van der Waals surface area contributed by atoms with Crippen molar-refractivity contribution in [3.8, 4) is 12.1 Å². The van der Waals surface area contributed by atoms with Gasteiger partial charge in [0.25, 0.3) is 0 Å². The van der Waals surface area contributed by atoms with Gasteiger partial charge in [0.15, 0.2) is 0 Å². The molecule has 0 amide bonds. The van der Waals surface area contributed by atoms with Crippen molar-refractivity contribution in [1.82, 2.24) is 4.98 Å². The predicted molar refractivity (Wildman–Crippen MR) is 57.5 cm³/mol. The number of benzene rings is 1. The maximum Gasteiger partial charge on any atom is 0.101 e. The number of fused-ring (bicyclic) bond motifs is 1. The molecule has 3 heteroatoms. The Morgan fingerprint density at radius 2 is 2.13 bits per heavy atom. The van der Waals surface area contributed by atoms with Gasteiger partial charge in [0.1, 0.15) is 6.07 Å². The van der Waals surface area contributed by atoms with Gasteiger partial charge in [0, 0.05) is 17.8 Å². The minimum absolute atomic E-state index is 0.389. The SMILES string of the molecule is N#CC=C(C#N)c1ccc2[nH]ccc2c1. The number of hydrogen-bond donors (Lipinski definition) is 1. The summed E-state index contributed by atoms with van der Waals surface area (Å²) >= 11 is 0. The van der Waals surface area contributed by atoms with E-state index in [0.717, 1.165) is 16.5 Å². The standard InChI is InChI=1S/C12H7N3/c13-5-3-11(8-14)9-1-2-12-10(7-9)4-6-15-12/h1-4,6-7,15H. The van der Waals surface area contributed by atoms with Crippen LogP contribution in [0.4, 0.5) is 0 Å². The molecule has 1 heterocycles. The third kappa shape index (κ3) is 1.59.